The van der Waals surface area contributed by atoms with Gasteiger partial charge in [-0.15, -0.1) is 0 Å². The van der Waals surface area contributed by atoms with Crippen LogP contribution in [0.1, 0.15) is 57.6 Å². The molecule has 0 aromatic heterocycles. The Bertz CT molecular complexity index is 970. The summed E-state index contributed by atoms with van der Waals surface area (Å²) in [4.78, 5) is 0. The molecule has 0 N–H and O–H groups in total. The van der Waals surface area contributed by atoms with Crippen LogP contribution in [0.25, 0.3) is 5.76 Å². The number of ether oxygens (including phenoxy) is 1. The van der Waals surface area contributed by atoms with Crippen LogP contribution in [-0.2, 0) is 9.16 Å². The standard InChI is InChI=1S/C30H44N2O2Si/c1-24(2)30(3,4)35(6,7)34-29(26-17-12-9-13-18-26)21-27(25-15-10-8-11-16-25)22-31-32-20-14-19-28(32)23-33-5/h8-13,15-18,21-22,24,27-28H,14,19-20,23H2,1-7H3/b29-21+,31-22+/t27-,28-/m0/s1. The van der Waals surface area contributed by atoms with E-state index in [9.17, 15) is 0 Å². The zero-order valence-corrected chi connectivity index (χ0v) is 23.7. The van der Waals surface area contributed by atoms with Crippen molar-refractivity contribution in [2.24, 2.45) is 11.0 Å². The predicted molar refractivity (Wildman–Crippen MR) is 151 cm³/mol. The van der Waals surface area contributed by atoms with Crippen LogP contribution in [0.4, 0.5) is 0 Å². The van der Waals surface area contributed by atoms with Crippen molar-refractivity contribution in [1.29, 1.82) is 0 Å². The monoisotopic (exact) mass is 492 g/mol. The van der Waals surface area contributed by atoms with Crippen LogP contribution in [0.15, 0.2) is 71.8 Å². The maximum atomic E-state index is 7.04. The van der Waals surface area contributed by atoms with Crippen LogP contribution in [0.3, 0.4) is 0 Å². The van der Waals surface area contributed by atoms with Crippen LogP contribution >= 0.6 is 0 Å². The maximum Gasteiger partial charge on any atom is 0.251 e. The first-order valence-electron chi connectivity index (χ1n) is 13.0. The predicted octanol–water partition coefficient (Wildman–Crippen LogP) is 7.57. The van der Waals surface area contributed by atoms with Crippen molar-refractivity contribution in [3.05, 3.63) is 77.9 Å². The molecule has 0 amide bonds. The van der Waals surface area contributed by atoms with Crippen LogP contribution < -0.4 is 0 Å². The molecule has 0 aliphatic carbocycles. The highest BCUT2D eigenvalue weighted by Gasteiger charge is 2.45. The third-order valence-electron chi connectivity index (χ3n) is 8.01. The highest BCUT2D eigenvalue weighted by atomic mass is 28.4. The third-order valence-corrected chi connectivity index (χ3v) is 12.4. The van der Waals surface area contributed by atoms with Crippen molar-refractivity contribution in [2.45, 2.75) is 70.6 Å². The lowest BCUT2D eigenvalue weighted by Crippen LogP contribution is -2.44. The molecule has 1 aliphatic heterocycles. The molecule has 2 aromatic carbocycles. The van der Waals surface area contributed by atoms with E-state index in [2.05, 4.69) is 119 Å². The summed E-state index contributed by atoms with van der Waals surface area (Å²) < 4.78 is 12.5. The fourth-order valence-corrected chi connectivity index (χ4v) is 6.84. The van der Waals surface area contributed by atoms with Gasteiger partial charge in [0.1, 0.15) is 5.76 Å². The first-order valence-corrected chi connectivity index (χ1v) is 15.9. The second-order valence-electron chi connectivity index (χ2n) is 11.0. The van der Waals surface area contributed by atoms with Gasteiger partial charge in [0.2, 0.25) is 0 Å². The molecule has 1 saturated heterocycles. The number of hydrogen-bond acceptors (Lipinski definition) is 4. The molecule has 0 spiro atoms. The van der Waals surface area contributed by atoms with Gasteiger partial charge in [-0.25, -0.2) is 0 Å². The molecule has 4 nitrogen and oxygen atoms in total. The fourth-order valence-electron chi connectivity index (χ4n) is 4.45. The van der Waals surface area contributed by atoms with Gasteiger partial charge in [0.15, 0.2) is 0 Å². The molecule has 0 saturated carbocycles. The quantitative estimate of drug-likeness (QED) is 0.184. The van der Waals surface area contributed by atoms with Crippen LogP contribution in [0.5, 0.6) is 0 Å². The van der Waals surface area contributed by atoms with Crippen LogP contribution in [-0.4, -0.2) is 45.8 Å². The van der Waals surface area contributed by atoms with Gasteiger partial charge in [0, 0.05) is 31.4 Å². The molecule has 3 rings (SSSR count). The molecule has 0 bridgehead atoms. The summed E-state index contributed by atoms with van der Waals surface area (Å²) in [5.41, 5.74) is 2.32. The second kappa shape index (κ2) is 12.0. The average molecular weight is 493 g/mol. The van der Waals surface area contributed by atoms with Gasteiger partial charge < -0.3 is 9.16 Å². The van der Waals surface area contributed by atoms with Crippen molar-refractivity contribution in [3.8, 4) is 0 Å². The Labute approximate surface area is 214 Å². The molecule has 1 aliphatic rings. The summed E-state index contributed by atoms with van der Waals surface area (Å²) >= 11 is 0. The Hall–Kier alpha value is -2.37. The normalized spacial score (nSPS) is 18.5. The van der Waals surface area contributed by atoms with Gasteiger partial charge in [-0.3, -0.25) is 5.01 Å². The zero-order valence-electron chi connectivity index (χ0n) is 22.7. The highest BCUT2D eigenvalue weighted by Crippen LogP contribution is 2.46. The van der Waals surface area contributed by atoms with E-state index in [0.29, 0.717) is 18.6 Å². The van der Waals surface area contributed by atoms with E-state index in [4.69, 9.17) is 14.3 Å². The summed E-state index contributed by atoms with van der Waals surface area (Å²) in [6.45, 7) is 15.7. The van der Waals surface area contributed by atoms with Crippen molar-refractivity contribution in [1.82, 2.24) is 5.01 Å². The Morgan fingerprint density at radius 3 is 2.31 bits per heavy atom. The van der Waals surface area contributed by atoms with Crippen molar-refractivity contribution in [3.63, 3.8) is 0 Å². The van der Waals surface area contributed by atoms with Crippen molar-refractivity contribution < 1.29 is 9.16 Å². The van der Waals surface area contributed by atoms with E-state index in [0.717, 1.165) is 30.7 Å². The minimum atomic E-state index is -2.12. The SMILES string of the molecule is COC[C@@H]1CCCN1/N=C/[C@H](/C=C(/O[Si](C)(C)C(C)(C)C(C)C)c1ccccc1)c1ccccc1. The summed E-state index contributed by atoms with van der Waals surface area (Å²) in [6, 6.07) is 21.5. The molecule has 2 atom stereocenters. The fraction of sp³-hybridized carbons (Fsp3) is 0.500. The van der Waals surface area contributed by atoms with Gasteiger partial charge in [0.05, 0.1) is 12.6 Å². The minimum absolute atomic E-state index is 0.00200. The summed E-state index contributed by atoms with van der Waals surface area (Å²) in [7, 11) is -0.350. The third kappa shape index (κ3) is 6.86. The van der Waals surface area contributed by atoms with E-state index in [1.165, 1.54) is 5.56 Å². The number of rotatable bonds is 11. The molecular formula is C30H44N2O2Si. The number of hydrogen-bond donors (Lipinski definition) is 0. The Morgan fingerprint density at radius 1 is 1.09 bits per heavy atom. The lowest BCUT2D eigenvalue weighted by atomic mass is 9.98. The Kier molecular flexibility index (Phi) is 9.37. The van der Waals surface area contributed by atoms with Gasteiger partial charge in [-0.2, -0.15) is 5.10 Å². The molecule has 0 radical (unpaired) electrons. The average Bonchev–Trinajstić information content (AvgIpc) is 3.29. The van der Waals surface area contributed by atoms with Crippen LogP contribution in [0, 0.1) is 5.92 Å². The summed E-state index contributed by atoms with van der Waals surface area (Å²) in [6.07, 6.45) is 6.62. The first kappa shape index (κ1) is 27.2. The van der Waals surface area contributed by atoms with Gasteiger partial charge >= 0.3 is 0 Å². The van der Waals surface area contributed by atoms with E-state index in [1.54, 1.807) is 7.11 Å². The first-order chi connectivity index (χ1) is 16.7. The Morgan fingerprint density at radius 2 is 1.71 bits per heavy atom. The van der Waals surface area contributed by atoms with Gasteiger partial charge in [-0.1, -0.05) is 88.4 Å². The molecule has 2 aromatic rings. The Balaban J connectivity index is 2.02. The number of hydrazone groups is 1. The maximum absolute atomic E-state index is 7.04. The molecule has 1 heterocycles. The van der Waals surface area contributed by atoms with Gasteiger partial charge in [-0.05, 0) is 48.5 Å². The van der Waals surface area contributed by atoms with Gasteiger partial charge in [0.25, 0.3) is 8.32 Å². The minimum Gasteiger partial charge on any atom is -0.543 e. The molecular weight excluding hydrogens is 448 g/mol. The number of methoxy groups -OCH3 is 1. The molecule has 5 heteroatoms. The van der Waals surface area contributed by atoms with Crippen molar-refractivity contribution in [2.75, 3.05) is 20.3 Å². The van der Waals surface area contributed by atoms with E-state index in [1.807, 2.05) is 0 Å². The lowest BCUT2D eigenvalue weighted by molar-refractivity contribution is 0.118. The smallest absolute Gasteiger partial charge is 0.251 e. The molecule has 1 fully saturated rings. The molecule has 35 heavy (non-hydrogen) atoms. The number of benzene rings is 2. The number of nitrogens with zero attached hydrogens (tertiary/aromatic N) is 2. The summed E-state index contributed by atoms with van der Waals surface area (Å²) in [5, 5.41) is 7.26. The second-order valence-corrected chi connectivity index (χ2v) is 15.5. The zero-order chi connectivity index (χ0) is 25.5. The van der Waals surface area contributed by atoms with E-state index >= 15 is 0 Å². The largest absolute Gasteiger partial charge is 0.543 e. The highest BCUT2D eigenvalue weighted by molar-refractivity contribution is 6.75. The van der Waals surface area contributed by atoms with Crippen molar-refractivity contribution >= 4 is 20.3 Å². The lowest BCUT2D eigenvalue weighted by Gasteiger charge is -2.43. The molecule has 190 valence electrons. The topological polar surface area (TPSA) is 34.1 Å². The van der Waals surface area contributed by atoms with Crippen LogP contribution in [0.2, 0.25) is 18.1 Å². The van der Waals surface area contributed by atoms with E-state index in [-0.39, 0.29) is 11.0 Å². The number of allylic oxidation sites excluding steroid dienone is 1. The van der Waals surface area contributed by atoms with E-state index < -0.39 is 8.32 Å². The molecule has 0 unspecified atom stereocenters. The summed E-state index contributed by atoms with van der Waals surface area (Å²) in [5.74, 6) is 1.48.